The van der Waals surface area contributed by atoms with Gasteiger partial charge in [0.1, 0.15) is 47.7 Å². The van der Waals surface area contributed by atoms with E-state index in [0.29, 0.717) is 39.0 Å². The summed E-state index contributed by atoms with van der Waals surface area (Å²) in [4.78, 5) is 18.1. The number of hydrogen-bond acceptors (Lipinski definition) is 6. The molecule has 2 aromatic carbocycles. The zero-order chi connectivity index (χ0) is 26.3. The molecule has 13 heteroatoms. The summed E-state index contributed by atoms with van der Waals surface area (Å²) in [6.45, 7) is 0.262. The number of hydrogen-bond donors (Lipinski definition) is 0. The van der Waals surface area contributed by atoms with E-state index in [1.54, 1.807) is 36.1 Å². The van der Waals surface area contributed by atoms with Crippen LogP contribution in [-0.4, -0.2) is 55.5 Å². The molecule has 0 saturated carbocycles. The molecular formula is C24H21F4N7O2. The van der Waals surface area contributed by atoms with Gasteiger partial charge in [-0.25, -0.2) is 18.7 Å². The Bertz CT molecular complexity index is 1460. The van der Waals surface area contributed by atoms with Gasteiger partial charge in [-0.3, -0.25) is 4.79 Å². The molecule has 9 nitrogen and oxygen atoms in total. The summed E-state index contributed by atoms with van der Waals surface area (Å²) in [7, 11) is 1.50. The molecule has 1 unspecified atom stereocenters. The standard InChI is InChI=1S/C24H21F4N7O2/c1-14-29-13-35(31-14)20-6-3-15(10-22(20)37-2)18-11-34(32-30-18)21-7-4-16-9-17(25)5-8-19(16)33(23(21)36)12-24(26,27)28/h3,5-6,8-11,13,21H,4,7,12H2,1-2H3. The van der Waals surface area contributed by atoms with E-state index in [-0.39, 0.29) is 18.5 Å². The maximum Gasteiger partial charge on any atom is 0.406 e. The number of halogens is 4. The van der Waals surface area contributed by atoms with Crippen molar-refractivity contribution in [1.29, 1.82) is 0 Å². The predicted octanol–water partition coefficient (Wildman–Crippen LogP) is 4.06. The highest BCUT2D eigenvalue weighted by Gasteiger charge is 2.39. The number of nitrogens with zero attached hydrogens (tertiary/aromatic N) is 7. The van der Waals surface area contributed by atoms with Crippen LogP contribution in [0.5, 0.6) is 5.75 Å². The molecule has 37 heavy (non-hydrogen) atoms. The van der Waals surface area contributed by atoms with Crippen molar-refractivity contribution in [1.82, 2.24) is 29.8 Å². The van der Waals surface area contributed by atoms with Crippen molar-refractivity contribution in [3.63, 3.8) is 0 Å². The van der Waals surface area contributed by atoms with Crippen molar-refractivity contribution in [2.24, 2.45) is 0 Å². The summed E-state index contributed by atoms with van der Waals surface area (Å²) in [6, 6.07) is 7.57. The van der Waals surface area contributed by atoms with Crippen LogP contribution in [-0.2, 0) is 11.2 Å². The fraction of sp³-hybridized carbons (Fsp3) is 0.292. The summed E-state index contributed by atoms with van der Waals surface area (Å²) in [5, 5.41) is 12.5. The lowest BCUT2D eigenvalue weighted by Crippen LogP contribution is -2.42. The molecule has 0 spiro atoms. The van der Waals surface area contributed by atoms with Gasteiger partial charge in [0.2, 0.25) is 0 Å². The number of rotatable bonds is 5. The maximum atomic E-state index is 13.8. The van der Waals surface area contributed by atoms with Gasteiger partial charge in [0.05, 0.1) is 13.3 Å². The maximum absolute atomic E-state index is 13.8. The summed E-state index contributed by atoms with van der Waals surface area (Å²) in [6.07, 6.45) is -1.28. The Hall–Kier alpha value is -4.29. The fourth-order valence-electron chi connectivity index (χ4n) is 4.37. The van der Waals surface area contributed by atoms with Gasteiger partial charge in [0.15, 0.2) is 0 Å². The smallest absolute Gasteiger partial charge is 0.406 e. The van der Waals surface area contributed by atoms with E-state index in [9.17, 15) is 22.4 Å². The molecule has 1 amide bonds. The number of anilines is 1. The van der Waals surface area contributed by atoms with Crippen molar-refractivity contribution in [2.45, 2.75) is 32.0 Å². The Balaban J connectivity index is 1.47. The van der Waals surface area contributed by atoms with Gasteiger partial charge in [-0.05, 0) is 55.7 Å². The molecule has 4 aromatic rings. The number of methoxy groups -OCH3 is 1. The van der Waals surface area contributed by atoms with E-state index in [1.165, 1.54) is 24.1 Å². The number of aryl methyl sites for hydroxylation is 2. The van der Waals surface area contributed by atoms with Crippen LogP contribution < -0.4 is 9.64 Å². The van der Waals surface area contributed by atoms with Gasteiger partial charge in [-0.1, -0.05) is 11.3 Å². The van der Waals surface area contributed by atoms with E-state index < -0.39 is 30.5 Å². The highest BCUT2D eigenvalue weighted by Crippen LogP contribution is 2.35. The molecule has 5 rings (SSSR count). The summed E-state index contributed by atoms with van der Waals surface area (Å²) in [5.74, 6) is -0.311. The minimum Gasteiger partial charge on any atom is -0.494 e. The second-order valence-corrected chi connectivity index (χ2v) is 8.57. The Morgan fingerprint density at radius 1 is 1.14 bits per heavy atom. The quantitative estimate of drug-likeness (QED) is 0.373. The van der Waals surface area contributed by atoms with Crippen molar-refractivity contribution in [2.75, 3.05) is 18.6 Å². The SMILES string of the molecule is COc1cc(-c2cn(C3CCc4cc(F)ccc4N(CC(F)(F)F)C3=O)nn2)ccc1-n1cnc(C)n1. The van der Waals surface area contributed by atoms with Crippen LogP contribution in [0.1, 0.15) is 23.9 Å². The number of amides is 1. The van der Waals surface area contributed by atoms with Crippen molar-refractivity contribution in [3.8, 4) is 22.7 Å². The van der Waals surface area contributed by atoms with Crippen molar-refractivity contribution in [3.05, 3.63) is 66.1 Å². The number of alkyl halides is 3. The van der Waals surface area contributed by atoms with Gasteiger partial charge < -0.3 is 9.64 Å². The molecular weight excluding hydrogens is 494 g/mol. The third-order valence-electron chi connectivity index (χ3n) is 6.07. The average Bonchev–Trinajstić information content (AvgIpc) is 3.49. The fourth-order valence-corrected chi connectivity index (χ4v) is 4.37. The minimum absolute atomic E-state index is 0.0373. The Morgan fingerprint density at radius 2 is 1.92 bits per heavy atom. The first kappa shape index (κ1) is 24.4. The van der Waals surface area contributed by atoms with Crippen LogP contribution >= 0.6 is 0 Å². The van der Waals surface area contributed by atoms with Crippen molar-refractivity contribution < 1.29 is 27.1 Å². The van der Waals surface area contributed by atoms with E-state index in [4.69, 9.17) is 4.74 Å². The molecule has 1 atom stereocenters. The predicted molar refractivity (Wildman–Crippen MR) is 124 cm³/mol. The summed E-state index contributed by atoms with van der Waals surface area (Å²) in [5.41, 5.74) is 2.01. The summed E-state index contributed by atoms with van der Waals surface area (Å²) < 4.78 is 62.3. The topological polar surface area (TPSA) is 91.0 Å². The highest BCUT2D eigenvalue weighted by atomic mass is 19.4. The van der Waals surface area contributed by atoms with Crippen LogP contribution in [0.2, 0.25) is 0 Å². The third kappa shape index (κ3) is 4.88. The number of ether oxygens (including phenoxy) is 1. The highest BCUT2D eigenvalue weighted by molar-refractivity contribution is 5.97. The minimum atomic E-state index is -4.65. The third-order valence-corrected chi connectivity index (χ3v) is 6.07. The first-order valence-corrected chi connectivity index (χ1v) is 11.3. The van der Waals surface area contributed by atoms with E-state index in [0.717, 1.165) is 12.1 Å². The molecule has 2 aromatic heterocycles. The molecule has 3 heterocycles. The molecule has 1 aliphatic rings. The first-order valence-electron chi connectivity index (χ1n) is 11.3. The van der Waals surface area contributed by atoms with Crippen LogP contribution in [0, 0.1) is 12.7 Å². The van der Waals surface area contributed by atoms with Gasteiger partial charge in [0.25, 0.3) is 5.91 Å². The van der Waals surface area contributed by atoms with Gasteiger partial charge >= 0.3 is 6.18 Å². The lowest BCUT2D eigenvalue weighted by molar-refractivity contribution is -0.134. The largest absolute Gasteiger partial charge is 0.494 e. The number of aromatic nitrogens is 6. The molecule has 0 radical (unpaired) electrons. The Kier molecular flexibility index (Phi) is 6.13. The second-order valence-electron chi connectivity index (χ2n) is 8.57. The zero-order valence-electron chi connectivity index (χ0n) is 19.8. The molecule has 0 aliphatic carbocycles. The van der Waals surface area contributed by atoms with E-state index in [1.807, 2.05) is 0 Å². The summed E-state index contributed by atoms with van der Waals surface area (Å²) >= 11 is 0. The van der Waals surface area contributed by atoms with Crippen LogP contribution in [0.4, 0.5) is 23.2 Å². The molecule has 0 N–H and O–H groups in total. The lowest BCUT2D eigenvalue weighted by Gasteiger charge is -2.26. The number of fused-ring (bicyclic) bond motifs is 1. The van der Waals surface area contributed by atoms with E-state index >= 15 is 0 Å². The molecule has 0 fully saturated rings. The lowest BCUT2D eigenvalue weighted by atomic mass is 10.1. The van der Waals surface area contributed by atoms with Gasteiger partial charge in [0, 0.05) is 11.3 Å². The normalized spacial score (nSPS) is 16.0. The Labute approximate surface area is 208 Å². The zero-order valence-corrected chi connectivity index (χ0v) is 19.8. The number of carbonyl (C=O) groups excluding carboxylic acids is 1. The number of benzene rings is 2. The van der Waals surface area contributed by atoms with E-state index in [2.05, 4.69) is 20.4 Å². The molecule has 1 aliphatic heterocycles. The monoisotopic (exact) mass is 515 g/mol. The first-order chi connectivity index (χ1) is 17.6. The second kappa shape index (κ2) is 9.30. The van der Waals surface area contributed by atoms with Crippen LogP contribution in [0.15, 0.2) is 48.9 Å². The molecule has 192 valence electrons. The van der Waals surface area contributed by atoms with Gasteiger partial charge in [-0.15, -0.1) is 5.10 Å². The van der Waals surface area contributed by atoms with Crippen LogP contribution in [0.25, 0.3) is 16.9 Å². The Morgan fingerprint density at radius 3 is 2.62 bits per heavy atom. The number of carbonyl (C=O) groups is 1. The average molecular weight is 515 g/mol. The van der Waals surface area contributed by atoms with Crippen molar-refractivity contribution >= 4 is 11.6 Å². The van der Waals surface area contributed by atoms with Crippen LogP contribution in [0.3, 0.4) is 0 Å². The molecule has 0 bridgehead atoms. The van der Waals surface area contributed by atoms with Gasteiger partial charge in [-0.2, -0.15) is 18.3 Å². The molecule has 0 saturated heterocycles.